The highest BCUT2D eigenvalue weighted by Gasteiger charge is 2.49. The van der Waals surface area contributed by atoms with Crippen molar-refractivity contribution >= 4 is 17.3 Å². The highest BCUT2D eigenvalue weighted by molar-refractivity contribution is 6.46. The molecule has 2 aliphatic rings. The van der Waals surface area contributed by atoms with Crippen molar-refractivity contribution < 1.29 is 9.53 Å². The molecular formula is C17H22N4O2. The fourth-order valence-electron chi connectivity index (χ4n) is 2.61. The zero-order chi connectivity index (χ0) is 16.6. The lowest BCUT2D eigenvalue weighted by Gasteiger charge is -2.53. The third-order valence-corrected chi connectivity index (χ3v) is 4.32. The first-order valence-corrected chi connectivity index (χ1v) is 7.81. The summed E-state index contributed by atoms with van der Waals surface area (Å²) in [6, 6.07) is 7.96. The molecule has 3 atom stereocenters. The Bertz CT molecular complexity index is 651. The molecule has 1 unspecified atom stereocenters. The summed E-state index contributed by atoms with van der Waals surface area (Å²) in [5.74, 6) is -0.365. The van der Waals surface area contributed by atoms with Crippen LogP contribution in [0.3, 0.4) is 0 Å². The minimum atomic E-state index is -0.470. The maximum Gasteiger partial charge on any atom is 0.273 e. The van der Waals surface area contributed by atoms with E-state index in [2.05, 4.69) is 10.6 Å². The van der Waals surface area contributed by atoms with Crippen LogP contribution in [-0.4, -0.2) is 30.3 Å². The van der Waals surface area contributed by atoms with Crippen molar-refractivity contribution in [1.82, 2.24) is 5.32 Å². The third kappa shape index (κ3) is 3.13. The largest absolute Gasteiger partial charge is 0.402 e. The van der Waals surface area contributed by atoms with E-state index < -0.39 is 5.91 Å². The van der Waals surface area contributed by atoms with Gasteiger partial charge in [-0.2, -0.15) is 0 Å². The molecule has 2 fully saturated rings. The van der Waals surface area contributed by atoms with Gasteiger partial charge in [-0.05, 0) is 29.7 Å². The van der Waals surface area contributed by atoms with Gasteiger partial charge in [-0.1, -0.05) is 26.0 Å². The SMILES string of the molecule is CC(C)C(N)=CC(=N)C(=O)Nc1ccc([C@@H]2OC3CN[C@H]32)cc1. The summed E-state index contributed by atoms with van der Waals surface area (Å²) < 4.78 is 5.74. The number of benzene rings is 1. The van der Waals surface area contributed by atoms with Gasteiger partial charge in [-0.15, -0.1) is 0 Å². The topological polar surface area (TPSA) is 100 Å². The summed E-state index contributed by atoms with van der Waals surface area (Å²) in [7, 11) is 0. The van der Waals surface area contributed by atoms with Crippen molar-refractivity contribution in [1.29, 1.82) is 5.41 Å². The Kier molecular flexibility index (Phi) is 4.19. The van der Waals surface area contributed by atoms with Crippen LogP contribution in [0, 0.1) is 11.3 Å². The van der Waals surface area contributed by atoms with Gasteiger partial charge in [-0.25, -0.2) is 0 Å². The first-order chi connectivity index (χ1) is 11.0. The molecule has 0 aromatic heterocycles. The van der Waals surface area contributed by atoms with E-state index in [0.29, 0.717) is 23.5 Å². The van der Waals surface area contributed by atoms with Crippen LogP contribution in [0.4, 0.5) is 5.69 Å². The van der Waals surface area contributed by atoms with Crippen LogP contribution in [0.1, 0.15) is 25.5 Å². The molecule has 0 aliphatic carbocycles. The summed E-state index contributed by atoms with van der Waals surface area (Å²) in [6.07, 6.45) is 1.86. The normalized spacial score (nSPS) is 26.0. The standard InChI is InChI=1S/C17H22N4O2/c1-9(2)12(18)7-13(19)17(22)21-11-5-3-10(4-6-11)16-15-14(23-16)8-20-15/h3-7,9,14-16,19-20H,8,18H2,1-2H3,(H,21,22)/t14?,15-,16+/m1/s1. The fraction of sp³-hybridized carbons (Fsp3) is 0.412. The molecule has 2 heterocycles. The maximum absolute atomic E-state index is 12.0. The average Bonchev–Trinajstić information content (AvgIpc) is 2.50. The Morgan fingerprint density at radius 2 is 2.13 bits per heavy atom. The summed E-state index contributed by atoms with van der Waals surface area (Å²) in [6.45, 7) is 4.77. The fourth-order valence-corrected chi connectivity index (χ4v) is 2.61. The number of nitrogens with one attached hydrogen (secondary N) is 3. The number of hydrogen-bond acceptors (Lipinski definition) is 5. The van der Waals surface area contributed by atoms with E-state index in [1.807, 2.05) is 38.1 Å². The highest BCUT2D eigenvalue weighted by atomic mass is 16.5. The molecule has 0 bridgehead atoms. The van der Waals surface area contributed by atoms with Crippen LogP contribution >= 0.6 is 0 Å². The minimum absolute atomic E-state index is 0.102. The Balaban J connectivity index is 1.58. The molecule has 6 heteroatoms. The molecule has 1 aromatic rings. The molecule has 5 N–H and O–H groups in total. The third-order valence-electron chi connectivity index (χ3n) is 4.32. The van der Waals surface area contributed by atoms with Crippen molar-refractivity contribution in [2.24, 2.45) is 11.7 Å². The maximum atomic E-state index is 12.0. The van der Waals surface area contributed by atoms with Gasteiger partial charge in [0.05, 0.1) is 12.1 Å². The van der Waals surface area contributed by atoms with Gasteiger partial charge in [-0.3, -0.25) is 10.2 Å². The van der Waals surface area contributed by atoms with Gasteiger partial charge in [0.1, 0.15) is 11.8 Å². The van der Waals surface area contributed by atoms with Crippen LogP contribution in [-0.2, 0) is 9.53 Å². The Morgan fingerprint density at radius 1 is 1.43 bits per heavy atom. The van der Waals surface area contributed by atoms with Crippen molar-refractivity contribution in [2.75, 3.05) is 11.9 Å². The van der Waals surface area contributed by atoms with E-state index in [9.17, 15) is 4.79 Å². The number of carbonyl (C=O) groups is 1. The van der Waals surface area contributed by atoms with E-state index in [-0.39, 0.29) is 17.7 Å². The second kappa shape index (κ2) is 6.14. The zero-order valence-corrected chi connectivity index (χ0v) is 13.3. The predicted octanol–water partition coefficient (Wildman–Crippen LogP) is 1.56. The number of morpholine rings is 1. The average molecular weight is 314 g/mol. The van der Waals surface area contributed by atoms with Gasteiger partial charge in [0, 0.05) is 17.9 Å². The molecule has 122 valence electrons. The van der Waals surface area contributed by atoms with E-state index >= 15 is 0 Å². The van der Waals surface area contributed by atoms with Crippen LogP contribution in [0.15, 0.2) is 36.0 Å². The summed E-state index contributed by atoms with van der Waals surface area (Å²) in [5.41, 5.74) is 7.89. The Hall–Kier alpha value is -2.18. The zero-order valence-electron chi connectivity index (χ0n) is 13.3. The monoisotopic (exact) mass is 314 g/mol. The second-order valence-corrected chi connectivity index (χ2v) is 6.32. The van der Waals surface area contributed by atoms with Crippen LogP contribution < -0.4 is 16.4 Å². The molecule has 0 saturated carbocycles. The number of carbonyl (C=O) groups excluding carboxylic acids is 1. The first-order valence-electron chi connectivity index (χ1n) is 7.81. The molecule has 23 heavy (non-hydrogen) atoms. The molecule has 2 saturated heterocycles. The van der Waals surface area contributed by atoms with Crippen molar-refractivity contribution in [2.45, 2.75) is 32.1 Å². The number of nitrogens with two attached hydrogens (primary N) is 1. The first kappa shape index (κ1) is 15.7. The Labute approximate surface area is 135 Å². The molecule has 1 amide bonds. The van der Waals surface area contributed by atoms with Crippen molar-refractivity contribution in [3.05, 3.63) is 41.6 Å². The van der Waals surface area contributed by atoms with E-state index in [1.165, 1.54) is 6.08 Å². The molecule has 0 radical (unpaired) electrons. The lowest BCUT2D eigenvalue weighted by atomic mass is 9.86. The lowest BCUT2D eigenvalue weighted by molar-refractivity contribution is -0.203. The van der Waals surface area contributed by atoms with Gasteiger partial charge in [0.2, 0.25) is 0 Å². The predicted molar refractivity (Wildman–Crippen MR) is 89.3 cm³/mol. The number of anilines is 1. The molecule has 0 spiro atoms. The van der Waals surface area contributed by atoms with Crippen LogP contribution in [0.2, 0.25) is 0 Å². The minimum Gasteiger partial charge on any atom is -0.402 e. The van der Waals surface area contributed by atoms with Crippen LogP contribution in [0.25, 0.3) is 0 Å². The molecule has 1 aromatic carbocycles. The van der Waals surface area contributed by atoms with Crippen molar-refractivity contribution in [3.63, 3.8) is 0 Å². The number of amides is 1. The number of fused-ring (bicyclic) bond motifs is 1. The van der Waals surface area contributed by atoms with E-state index in [0.717, 1.165) is 12.1 Å². The molecule has 6 nitrogen and oxygen atoms in total. The quantitative estimate of drug-likeness (QED) is 0.620. The van der Waals surface area contributed by atoms with Gasteiger partial charge in [0.15, 0.2) is 0 Å². The number of hydrogen-bond donors (Lipinski definition) is 4. The van der Waals surface area contributed by atoms with Crippen LogP contribution in [0.5, 0.6) is 0 Å². The number of allylic oxidation sites excluding steroid dienone is 1. The second-order valence-electron chi connectivity index (χ2n) is 6.32. The van der Waals surface area contributed by atoms with E-state index in [1.54, 1.807) is 0 Å². The van der Waals surface area contributed by atoms with Gasteiger partial charge >= 0.3 is 0 Å². The highest BCUT2D eigenvalue weighted by Crippen LogP contribution is 2.39. The smallest absolute Gasteiger partial charge is 0.273 e. The van der Waals surface area contributed by atoms with Crippen molar-refractivity contribution in [3.8, 4) is 0 Å². The van der Waals surface area contributed by atoms with E-state index in [4.69, 9.17) is 15.9 Å². The van der Waals surface area contributed by atoms with Gasteiger partial charge < -0.3 is 21.1 Å². The summed E-state index contributed by atoms with van der Waals surface area (Å²) in [5, 5.41) is 13.8. The van der Waals surface area contributed by atoms with Gasteiger partial charge in [0.25, 0.3) is 5.91 Å². The Morgan fingerprint density at radius 3 is 2.61 bits per heavy atom. The number of rotatable bonds is 5. The summed E-state index contributed by atoms with van der Waals surface area (Å²) in [4.78, 5) is 12.0. The molecule has 3 rings (SSSR count). The summed E-state index contributed by atoms with van der Waals surface area (Å²) >= 11 is 0. The molecular weight excluding hydrogens is 292 g/mol. The lowest BCUT2D eigenvalue weighted by Crippen LogP contribution is -2.69. The number of ether oxygens (including phenoxy) is 1. The molecule has 2 aliphatic heterocycles.